The van der Waals surface area contributed by atoms with Gasteiger partial charge in [0, 0.05) is 50.3 Å². The van der Waals surface area contributed by atoms with Crippen LogP contribution in [0.15, 0.2) is 60.0 Å². The van der Waals surface area contributed by atoms with E-state index in [9.17, 15) is 14.3 Å². The molecule has 5 heterocycles. The second-order valence-electron chi connectivity index (χ2n) is 12.5. The third-order valence-electron chi connectivity index (χ3n) is 9.54. The molecule has 0 amide bonds. The first-order valence-electron chi connectivity index (χ1n) is 15.6. The number of likely N-dealkylation sites (tertiary alicyclic amines) is 1. The van der Waals surface area contributed by atoms with E-state index in [0.717, 1.165) is 43.9 Å². The molecular weight excluding hydrogens is 559 g/mol. The molecule has 4 aromatic rings. The number of alkyl halides is 1. The van der Waals surface area contributed by atoms with Crippen LogP contribution in [0.3, 0.4) is 0 Å². The second kappa shape index (κ2) is 11.4. The van der Waals surface area contributed by atoms with Crippen LogP contribution in [-0.4, -0.2) is 73.7 Å². The van der Waals surface area contributed by atoms with Crippen molar-refractivity contribution >= 4 is 28.4 Å². The summed E-state index contributed by atoms with van der Waals surface area (Å²) in [6.07, 6.45) is 6.40. The molecule has 2 unspecified atom stereocenters. The van der Waals surface area contributed by atoms with Gasteiger partial charge in [0.1, 0.15) is 17.7 Å². The molecule has 2 saturated heterocycles. The number of aryl methyl sites for hydroxylation is 1. The average Bonchev–Trinajstić information content (AvgIpc) is 3.50. The molecule has 3 aliphatic rings. The molecule has 44 heavy (non-hydrogen) atoms. The highest BCUT2D eigenvalue weighted by atomic mass is 19.1. The van der Waals surface area contributed by atoms with Gasteiger partial charge >= 0.3 is 0 Å². The Balaban J connectivity index is 1.16. The number of piperidine rings is 2. The molecule has 11 heteroatoms. The van der Waals surface area contributed by atoms with Crippen molar-refractivity contribution in [1.82, 2.24) is 29.2 Å². The highest BCUT2D eigenvalue weighted by Gasteiger charge is 2.37. The van der Waals surface area contributed by atoms with Crippen LogP contribution in [0.4, 0.5) is 21.7 Å². The lowest BCUT2D eigenvalue weighted by atomic mass is 9.84. The summed E-state index contributed by atoms with van der Waals surface area (Å²) < 4.78 is 16.1. The van der Waals surface area contributed by atoms with E-state index in [1.165, 1.54) is 12.1 Å². The summed E-state index contributed by atoms with van der Waals surface area (Å²) in [6.45, 7) is 10.2. The van der Waals surface area contributed by atoms with Gasteiger partial charge < -0.3 is 20.2 Å². The predicted molar refractivity (Wildman–Crippen MR) is 170 cm³/mol. The Morgan fingerprint density at radius 3 is 2.59 bits per heavy atom. The molecule has 2 aliphatic heterocycles. The SMILES string of the molecule is C=CCn1c(=O)c2cnc(Nc3ccc(N4CC5CC(CN(CCF)C5)C4)cc3)nc2n1-c1ccc2c(n1)[C@](O)(CC)CC2. The maximum absolute atomic E-state index is 13.4. The summed E-state index contributed by atoms with van der Waals surface area (Å²) in [7, 11) is 0. The maximum Gasteiger partial charge on any atom is 0.278 e. The van der Waals surface area contributed by atoms with E-state index in [2.05, 4.69) is 38.8 Å². The van der Waals surface area contributed by atoms with Crippen LogP contribution < -0.4 is 15.8 Å². The lowest BCUT2D eigenvalue weighted by Gasteiger charge is -2.46. The Kier molecular flexibility index (Phi) is 7.45. The van der Waals surface area contributed by atoms with Gasteiger partial charge in [0.05, 0.1) is 12.2 Å². The van der Waals surface area contributed by atoms with Crippen molar-refractivity contribution in [3.63, 3.8) is 0 Å². The molecule has 1 aliphatic carbocycles. The van der Waals surface area contributed by atoms with Crippen LogP contribution in [0.2, 0.25) is 0 Å². The summed E-state index contributed by atoms with van der Waals surface area (Å²) >= 11 is 0. The maximum atomic E-state index is 13.4. The zero-order valence-corrected chi connectivity index (χ0v) is 25.1. The Hall–Kier alpha value is -4.09. The summed E-state index contributed by atoms with van der Waals surface area (Å²) in [5, 5.41) is 14.9. The van der Waals surface area contributed by atoms with Crippen molar-refractivity contribution in [2.24, 2.45) is 11.8 Å². The van der Waals surface area contributed by atoms with Crippen LogP contribution in [-0.2, 0) is 18.6 Å². The molecule has 10 nitrogen and oxygen atoms in total. The van der Waals surface area contributed by atoms with Crippen LogP contribution in [0.25, 0.3) is 16.9 Å². The van der Waals surface area contributed by atoms with E-state index >= 15 is 0 Å². The molecule has 1 aromatic carbocycles. The number of nitrogens with one attached hydrogen (secondary N) is 1. The third-order valence-corrected chi connectivity index (χ3v) is 9.54. The molecule has 0 radical (unpaired) electrons. The molecule has 7 rings (SSSR count). The van der Waals surface area contributed by atoms with E-state index in [0.29, 0.717) is 59.7 Å². The van der Waals surface area contributed by atoms with Gasteiger partial charge in [-0.2, -0.15) is 4.98 Å². The Labute approximate surface area is 255 Å². The Morgan fingerprint density at radius 1 is 1.11 bits per heavy atom. The highest BCUT2D eigenvalue weighted by molar-refractivity contribution is 5.77. The Bertz CT molecular complexity index is 1740. The average molecular weight is 599 g/mol. The van der Waals surface area contributed by atoms with Gasteiger partial charge in [-0.15, -0.1) is 6.58 Å². The zero-order chi connectivity index (χ0) is 30.4. The number of anilines is 3. The van der Waals surface area contributed by atoms with Crippen LogP contribution >= 0.6 is 0 Å². The largest absolute Gasteiger partial charge is 0.384 e. The van der Waals surface area contributed by atoms with Gasteiger partial charge in [-0.1, -0.05) is 19.1 Å². The molecule has 0 saturated carbocycles. The number of rotatable bonds is 9. The minimum atomic E-state index is -0.978. The van der Waals surface area contributed by atoms with Crippen molar-refractivity contribution in [2.75, 3.05) is 49.6 Å². The minimum Gasteiger partial charge on any atom is -0.384 e. The minimum absolute atomic E-state index is 0.233. The van der Waals surface area contributed by atoms with E-state index in [1.54, 1.807) is 21.6 Å². The summed E-state index contributed by atoms with van der Waals surface area (Å²) in [4.78, 5) is 32.2. The summed E-state index contributed by atoms with van der Waals surface area (Å²) in [5.74, 6) is 2.00. The summed E-state index contributed by atoms with van der Waals surface area (Å²) in [6, 6.07) is 12.1. The fourth-order valence-electron chi connectivity index (χ4n) is 7.40. The third kappa shape index (κ3) is 5.07. The lowest BCUT2D eigenvalue weighted by Crippen LogP contribution is -2.53. The number of fused-ring (bicyclic) bond motifs is 4. The van der Waals surface area contributed by atoms with E-state index in [1.807, 2.05) is 31.2 Å². The number of aliphatic hydroxyl groups is 1. The molecule has 3 aromatic heterocycles. The molecule has 0 spiro atoms. The van der Waals surface area contributed by atoms with Crippen LogP contribution in [0.1, 0.15) is 37.4 Å². The topological polar surface area (TPSA) is 104 Å². The smallest absolute Gasteiger partial charge is 0.278 e. The number of hydrogen-bond acceptors (Lipinski definition) is 8. The van der Waals surface area contributed by atoms with Gasteiger partial charge in [-0.3, -0.25) is 4.79 Å². The number of hydrogen-bond donors (Lipinski definition) is 2. The van der Waals surface area contributed by atoms with Gasteiger partial charge in [0.25, 0.3) is 5.56 Å². The second-order valence-corrected chi connectivity index (χ2v) is 12.5. The number of halogens is 1. The monoisotopic (exact) mass is 598 g/mol. The fourth-order valence-corrected chi connectivity index (χ4v) is 7.40. The standard InChI is InChI=1S/C33H39FN8O2/c1-3-14-41-31(43)27-17-35-32(38-30(27)42(41)28-10-5-24-11-12-33(44,4-2)29(24)37-28)36-25-6-8-26(9-7-25)40-20-22-16-23(21-40)19-39(18-22)15-13-34/h3,5-10,17,22-23,44H,1,4,11-16,18-21H2,2H3,(H,35,36,38)/t22?,23?,33-/m0/s1. The number of pyridine rings is 1. The number of benzene rings is 1. The molecule has 2 bridgehead atoms. The van der Waals surface area contributed by atoms with E-state index in [4.69, 9.17) is 9.97 Å². The molecule has 230 valence electrons. The quantitative estimate of drug-likeness (QED) is 0.277. The van der Waals surface area contributed by atoms with Gasteiger partial charge in [0.2, 0.25) is 5.95 Å². The van der Waals surface area contributed by atoms with Crippen LogP contribution in [0, 0.1) is 11.8 Å². The van der Waals surface area contributed by atoms with Gasteiger partial charge in [-0.05, 0) is 73.4 Å². The lowest BCUT2D eigenvalue weighted by molar-refractivity contribution is 0.0306. The van der Waals surface area contributed by atoms with E-state index < -0.39 is 5.60 Å². The first-order valence-corrected chi connectivity index (χ1v) is 15.6. The predicted octanol–water partition coefficient (Wildman–Crippen LogP) is 4.18. The zero-order valence-electron chi connectivity index (χ0n) is 25.1. The van der Waals surface area contributed by atoms with Crippen molar-refractivity contribution in [2.45, 2.75) is 44.8 Å². The number of allylic oxidation sites excluding steroid dienone is 1. The molecular formula is C33H39FN8O2. The van der Waals surface area contributed by atoms with E-state index in [-0.39, 0.29) is 18.8 Å². The highest BCUT2D eigenvalue weighted by Crippen LogP contribution is 2.38. The summed E-state index contributed by atoms with van der Waals surface area (Å²) in [5.41, 5.74) is 2.92. The number of nitrogens with zero attached hydrogens (tertiary/aromatic N) is 7. The first-order chi connectivity index (χ1) is 21.4. The Morgan fingerprint density at radius 2 is 1.89 bits per heavy atom. The molecule has 2 N–H and O–H groups in total. The van der Waals surface area contributed by atoms with Crippen molar-refractivity contribution in [1.29, 1.82) is 0 Å². The number of aromatic nitrogens is 5. The van der Waals surface area contributed by atoms with Crippen LogP contribution in [0.5, 0.6) is 0 Å². The van der Waals surface area contributed by atoms with Gasteiger partial charge in [0.15, 0.2) is 11.5 Å². The first kappa shape index (κ1) is 28.7. The van der Waals surface area contributed by atoms with Crippen molar-refractivity contribution in [3.8, 4) is 5.82 Å². The van der Waals surface area contributed by atoms with Crippen molar-refractivity contribution < 1.29 is 9.50 Å². The van der Waals surface area contributed by atoms with Crippen molar-refractivity contribution in [3.05, 3.63) is 76.9 Å². The molecule has 3 atom stereocenters. The normalized spacial score (nSPS) is 23.2. The van der Waals surface area contributed by atoms with Gasteiger partial charge in [-0.25, -0.2) is 23.7 Å². The molecule has 2 fully saturated rings. The fraction of sp³-hybridized carbons (Fsp3) is 0.455.